The molecule has 2 fully saturated rings. The van der Waals surface area contributed by atoms with E-state index in [9.17, 15) is 9.59 Å². The number of hydrogen-bond donors (Lipinski definition) is 2. The summed E-state index contributed by atoms with van der Waals surface area (Å²) in [7, 11) is 2.08. The number of carbonyl (C=O) groups excluding carboxylic acids is 1. The van der Waals surface area contributed by atoms with Gasteiger partial charge in [-0.05, 0) is 38.9 Å². The molecule has 0 saturated carbocycles. The highest BCUT2D eigenvalue weighted by Crippen LogP contribution is 2.23. The maximum Gasteiger partial charge on any atom is 0.317 e. The molecule has 19 heavy (non-hydrogen) atoms. The number of carboxylic acid groups (broad SMARTS) is 1. The summed E-state index contributed by atoms with van der Waals surface area (Å²) < 4.78 is 0. The maximum atomic E-state index is 12.1. The molecule has 108 valence electrons. The van der Waals surface area contributed by atoms with Gasteiger partial charge in [-0.1, -0.05) is 6.92 Å². The minimum Gasteiger partial charge on any atom is -0.481 e. The van der Waals surface area contributed by atoms with Crippen LogP contribution in [0.4, 0.5) is 4.79 Å². The van der Waals surface area contributed by atoms with E-state index in [2.05, 4.69) is 17.3 Å². The Kier molecular flexibility index (Phi) is 4.29. The highest BCUT2D eigenvalue weighted by Gasteiger charge is 2.37. The monoisotopic (exact) mass is 269 g/mol. The van der Waals surface area contributed by atoms with E-state index in [0.29, 0.717) is 13.1 Å². The molecule has 0 aromatic heterocycles. The standard InChI is InChI=1S/C13H23N3O3/c1-9-7-16(8-11(9)12(17)18)13(19)14-10-3-5-15(2)6-4-10/h9-11H,3-8H2,1-2H3,(H,14,19)(H,17,18)/t9-,11-/m1/s1. The summed E-state index contributed by atoms with van der Waals surface area (Å²) in [6.07, 6.45) is 1.93. The Bertz CT molecular complexity index is 353. The number of hydrogen-bond acceptors (Lipinski definition) is 3. The van der Waals surface area contributed by atoms with Gasteiger partial charge in [0.15, 0.2) is 0 Å². The lowest BCUT2D eigenvalue weighted by atomic mass is 9.99. The summed E-state index contributed by atoms with van der Waals surface area (Å²) >= 11 is 0. The maximum absolute atomic E-state index is 12.1. The largest absolute Gasteiger partial charge is 0.481 e. The number of likely N-dealkylation sites (tertiary alicyclic amines) is 2. The Hall–Kier alpha value is -1.30. The zero-order valence-corrected chi connectivity index (χ0v) is 11.6. The number of amides is 2. The quantitative estimate of drug-likeness (QED) is 0.763. The fraction of sp³-hybridized carbons (Fsp3) is 0.846. The zero-order chi connectivity index (χ0) is 14.0. The topological polar surface area (TPSA) is 72.9 Å². The van der Waals surface area contributed by atoms with Gasteiger partial charge in [0.1, 0.15) is 0 Å². The van der Waals surface area contributed by atoms with E-state index in [1.54, 1.807) is 4.90 Å². The summed E-state index contributed by atoms with van der Waals surface area (Å²) in [6, 6.07) is 0.119. The van der Waals surface area contributed by atoms with Gasteiger partial charge < -0.3 is 20.2 Å². The van der Waals surface area contributed by atoms with Crippen LogP contribution in [0, 0.1) is 11.8 Å². The van der Waals surface area contributed by atoms with Gasteiger partial charge >= 0.3 is 12.0 Å². The third-order valence-corrected chi connectivity index (χ3v) is 4.26. The van der Waals surface area contributed by atoms with Gasteiger partial charge in [0.2, 0.25) is 0 Å². The van der Waals surface area contributed by atoms with Gasteiger partial charge in [-0.15, -0.1) is 0 Å². The van der Waals surface area contributed by atoms with Crippen molar-refractivity contribution < 1.29 is 14.7 Å². The number of carboxylic acids is 1. The van der Waals surface area contributed by atoms with Gasteiger partial charge in [0.05, 0.1) is 5.92 Å². The number of nitrogens with zero attached hydrogens (tertiary/aromatic N) is 2. The van der Waals surface area contributed by atoms with Crippen LogP contribution < -0.4 is 5.32 Å². The molecule has 6 heteroatoms. The number of nitrogens with one attached hydrogen (secondary N) is 1. The van der Waals surface area contributed by atoms with Crippen LogP contribution in [0.3, 0.4) is 0 Å². The zero-order valence-electron chi connectivity index (χ0n) is 11.6. The lowest BCUT2D eigenvalue weighted by molar-refractivity contribution is -0.142. The van der Waals surface area contributed by atoms with Crippen molar-refractivity contribution in [3.05, 3.63) is 0 Å². The van der Waals surface area contributed by atoms with Crippen LogP contribution in [0.5, 0.6) is 0 Å². The van der Waals surface area contributed by atoms with Crippen LogP contribution >= 0.6 is 0 Å². The van der Waals surface area contributed by atoms with Crippen LogP contribution in [-0.4, -0.2) is 66.2 Å². The molecule has 0 aromatic carbocycles. The van der Waals surface area contributed by atoms with Crippen LogP contribution in [-0.2, 0) is 4.79 Å². The van der Waals surface area contributed by atoms with Crippen molar-refractivity contribution in [2.24, 2.45) is 11.8 Å². The van der Waals surface area contributed by atoms with E-state index in [1.165, 1.54) is 0 Å². The number of carbonyl (C=O) groups is 2. The second kappa shape index (κ2) is 5.77. The fourth-order valence-electron chi connectivity index (χ4n) is 2.87. The molecular formula is C13H23N3O3. The summed E-state index contributed by atoms with van der Waals surface area (Å²) in [4.78, 5) is 27.1. The molecule has 2 atom stereocenters. The smallest absolute Gasteiger partial charge is 0.317 e. The van der Waals surface area contributed by atoms with Gasteiger partial charge in [0.25, 0.3) is 0 Å². The second-order valence-electron chi connectivity index (χ2n) is 5.85. The Balaban J connectivity index is 1.82. The normalized spacial score (nSPS) is 29.5. The molecule has 2 saturated heterocycles. The van der Waals surface area contributed by atoms with E-state index in [1.807, 2.05) is 6.92 Å². The third kappa shape index (κ3) is 3.37. The highest BCUT2D eigenvalue weighted by atomic mass is 16.4. The van der Waals surface area contributed by atoms with Gasteiger partial charge in [-0.2, -0.15) is 0 Å². The van der Waals surface area contributed by atoms with Crippen molar-refractivity contribution in [3.63, 3.8) is 0 Å². The molecule has 2 amide bonds. The molecule has 0 unspecified atom stereocenters. The first-order valence-electron chi connectivity index (χ1n) is 6.94. The van der Waals surface area contributed by atoms with Gasteiger partial charge in [-0.25, -0.2) is 4.79 Å². The molecule has 0 spiro atoms. The molecular weight excluding hydrogens is 246 g/mol. The molecule has 2 aliphatic rings. The van der Waals surface area contributed by atoms with Crippen LogP contribution in [0.25, 0.3) is 0 Å². The first-order chi connectivity index (χ1) is 8.97. The van der Waals surface area contributed by atoms with E-state index in [-0.39, 0.29) is 18.0 Å². The average Bonchev–Trinajstić information content (AvgIpc) is 2.74. The van der Waals surface area contributed by atoms with E-state index in [4.69, 9.17) is 5.11 Å². The number of rotatable bonds is 2. The Labute approximate surface area is 113 Å². The third-order valence-electron chi connectivity index (χ3n) is 4.26. The molecule has 2 N–H and O–H groups in total. The van der Waals surface area contributed by atoms with Crippen LogP contribution in [0.15, 0.2) is 0 Å². The highest BCUT2D eigenvalue weighted by molar-refractivity contribution is 5.77. The van der Waals surface area contributed by atoms with E-state index in [0.717, 1.165) is 25.9 Å². The Morgan fingerprint density at radius 3 is 2.37 bits per heavy atom. The summed E-state index contributed by atoms with van der Waals surface area (Å²) in [6.45, 7) is 4.75. The van der Waals surface area contributed by atoms with Gasteiger partial charge in [0, 0.05) is 19.1 Å². The number of piperidine rings is 1. The lowest BCUT2D eigenvalue weighted by Gasteiger charge is -2.30. The number of urea groups is 1. The predicted octanol–water partition coefficient (Wildman–Crippen LogP) is 0.443. The minimum absolute atomic E-state index is 0.0285. The van der Waals surface area contributed by atoms with Crippen molar-refractivity contribution in [1.82, 2.24) is 15.1 Å². The number of aliphatic carboxylic acids is 1. The summed E-state index contributed by atoms with van der Waals surface area (Å²) in [5.41, 5.74) is 0. The van der Waals surface area contributed by atoms with Gasteiger partial charge in [-0.3, -0.25) is 4.79 Å². The second-order valence-corrected chi connectivity index (χ2v) is 5.85. The van der Waals surface area contributed by atoms with Crippen molar-refractivity contribution in [3.8, 4) is 0 Å². The van der Waals surface area contributed by atoms with E-state index < -0.39 is 11.9 Å². The Morgan fingerprint density at radius 2 is 1.84 bits per heavy atom. The van der Waals surface area contributed by atoms with Crippen molar-refractivity contribution in [2.75, 3.05) is 33.2 Å². The van der Waals surface area contributed by atoms with E-state index >= 15 is 0 Å². The molecule has 2 aliphatic heterocycles. The molecule has 0 aromatic rings. The van der Waals surface area contributed by atoms with Crippen LogP contribution in [0.1, 0.15) is 19.8 Å². The molecule has 0 bridgehead atoms. The fourth-order valence-corrected chi connectivity index (χ4v) is 2.87. The van der Waals surface area contributed by atoms with Crippen molar-refractivity contribution in [1.29, 1.82) is 0 Å². The van der Waals surface area contributed by atoms with Crippen molar-refractivity contribution >= 4 is 12.0 Å². The van der Waals surface area contributed by atoms with Crippen LogP contribution in [0.2, 0.25) is 0 Å². The first kappa shape index (κ1) is 14.1. The molecule has 2 heterocycles. The SMILES string of the molecule is C[C@@H]1CN(C(=O)NC2CCN(C)CC2)C[C@H]1C(=O)O. The summed E-state index contributed by atoms with van der Waals surface area (Å²) in [5, 5.41) is 12.1. The first-order valence-corrected chi connectivity index (χ1v) is 6.94. The molecule has 0 radical (unpaired) electrons. The van der Waals surface area contributed by atoms with Crippen molar-refractivity contribution in [2.45, 2.75) is 25.8 Å². The molecule has 0 aliphatic carbocycles. The minimum atomic E-state index is -0.804. The molecule has 2 rings (SSSR count). The lowest BCUT2D eigenvalue weighted by Crippen LogP contribution is -2.48. The Morgan fingerprint density at radius 1 is 1.21 bits per heavy atom. The predicted molar refractivity (Wildman–Crippen MR) is 70.9 cm³/mol. The molecule has 6 nitrogen and oxygen atoms in total. The average molecular weight is 269 g/mol. The summed E-state index contributed by atoms with van der Waals surface area (Å²) in [5.74, 6) is -1.20.